The Morgan fingerprint density at radius 3 is 3.05 bits per heavy atom. The van der Waals surface area contributed by atoms with Crippen molar-refractivity contribution in [2.75, 3.05) is 39.5 Å². The van der Waals surface area contributed by atoms with E-state index in [-0.39, 0.29) is 0 Å². The van der Waals surface area contributed by atoms with E-state index in [1.807, 2.05) is 6.92 Å². The Morgan fingerprint density at radius 2 is 2.25 bits per heavy atom. The van der Waals surface area contributed by atoms with E-state index < -0.39 is 0 Å². The van der Waals surface area contributed by atoms with Gasteiger partial charge in [0, 0.05) is 38.2 Å². The lowest BCUT2D eigenvalue weighted by Gasteiger charge is -2.22. The SMILES string of the molecule is CCOc1ncnc2c1CCN(CC1CCOC1)CC2. The van der Waals surface area contributed by atoms with Crippen LogP contribution < -0.4 is 4.74 Å². The summed E-state index contributed by atoms with van der Waals surface area (Å²) in [7, 11) is 0. The van der Waals surface area contributed by atoms with Gasteiger partial charge in [-0.05, 0) is 25.7 Å². The van der Waals surface area contributed by atoms with E-state index in [1.54, 1.807) is 6.33 Å². The molecular weight excluding hydrogens is 254 g/mol. The summed E-state index contributed by atoms with van der Waals surface area (Å²) in [5.41, 5.74) is 2.37. The van der Waals surface area contributed by atoms with Gasteiger partial charge in [-0.2, -0.15) is 0 Å². The molecule has 1 unspecified atom stereocenters. The van der Waals surface area contributed by atoms with Crippen LogP contribution in [0.15, 0.2) is 6.33 Å². The molecule has 5 nitrogen and oxygen atoms in total. The Balaban J connectivity index is 1.66. The summed E-state index contributed by atoms with van der Waals surface area (Å²) in [6.07, 6.45) is 4.81. The second-order valence-corrected chi connectivity index (χ2v) is 5.57. The van der Waals surface area contributed by atoms with Crippen molar-refractivity contribution >= 4 is 0 Å². The van der Waals surface area contributed by atoms with Crippen molar-refractivity contribution in [1.29, 1.82) is 0 Å². The largest absolute Gasteiger partial charge is 0.478 e. The van der Waals surface area contributed by atoms with Gasteiger partial charge in [-0.1, -0.05) is 0 Å². The van der Waals surface area contributed by atoms with Crippen LogP contribution in [-0.2, 0) is 17.6 Å². The number of hydrogen-bond acceptors (Lipinski definition) is 5. The van der Waals surface area contributed by atoms with Crippen LogP contribution >= 0.6 is 0 Å². The van der Waals surface area contributed by atoms with Crippen LogP contribution in [-0.4, -0.2) is 54.3 Å². The molecule has 0 aliphatic carbocycles. The Labute approximate surface area is 120 Å². The minimum Gasteiger partial charge on any atom is -0.478 e. The first-order chi connectivity index (χ1) is 9.86. The van der Waals surface area contributed by atoms with Crippen molar-refractivity contribution in [3.8, 4) is 5.88 Å². The first kappa shape index (κ1) is 13.8. The molecule has 1 atom stereocenters. The monoisotopic (exact) mass is 277 g/mol. The van der Waals surface area contributed by atoms with Crippen molar-refractivity contribution in [2.45, 2.75) is 26.2 Å². The fraction of sp³-hybridized carbons (Fsp3) is 0.733. The molecule has 20 heavy (non-hydrogen) atoms. The Bertz CT molecular complexity index is 447. The fourth-order valence-corrected chi connectivity index (χ4v) is 3.08. The third-order valence-electron chi connectivity index (χ3n) is 4.16. The highest BCUT2D eigenvalue weighted by Gasteiger charge is 2.23. The molecule has 110 valence electrons. The highest BCUT2D eigenvalue weighted by atomic mass is 16.5. The molecule has 0 radical (unpaired) electrons. The van der Waals surface area contributed by atoms with Crippen molar-refractivity contribution in [1.82, 2.24) is 14.9 Å². The summed E-state index contributed by atoms with van der Waals surface area (Å²) in [6.45, 7) is 7.80. The molecule has 2 aliphatic heterocycles. The minimum absolute atomic E-state index is 0.659. The maximum atomic E-state index is 5.64. The molecule has 1 aromatic heterocycles. The van der Waals surface area contributed by atoms with E-state index in [9.17, 15) is 0 Å². The topological polar surface area (TPSA) is 47.5 Å². The summed E-state index contributed by atoms with van der Waals surface area (Å²) in [5.74, 6) is 1.48. The van der Waals surface area contributed by atoms with Gasteiger partial charge in [0.1, 0.15) is 6.33 Å². The zero-order chi connectivity index (χ0) is 13.8. The van der Waals surface area contributed by atoms with Crippen LogP contribution in [0.2, 0.25) is 0 Å². The summed E-state index contributed by atoms with van der Waals surface area (Å²) < 4.78 is 11.1. The number of aromatic nitrogens is 2. The molecule has 0 bridgehead atoms. The molecule has 2 aliphatic rings. The van der Waals surface area contributed by atoms with Crippen LogP contribution in [0, 0.1) is 5.92 Å². The second kappa shape index (κ2) is 6.50. The number of hydrogen-bond donors (Lipinski definition) is 0. The number of nitrogens with zero attached hydrogens (tertiary/aromatic N) is 3. The van der Waals surface area contributed by atoms with Crippen LogP contribution in [0.3, 0.4) is 0 Å². The number of rotatable bonds is 4. The highest BCUT2D eigenvalue weighted by Crippen LogP contribution is 2.23. The summed E-state index contributed by atoms with van der Waals surface area (Å²) in [6, 6.07) is 0. The van der Waals surface area contributed by atoms with Gasteiger partial charge in [-0.25, -0.2) is 9.97 Å². The molecule has 0 aromatic carbocycles. The molecule has 1 aromatic rings. The van der Waals surface area contributed by atoms with Gasteiger partial charge in [0.2, 0.25) is 5.88 Å². The first-order valence-electron chi connectivity index (χ1n) is 7.62. The molecule has 1 saturated heterocycles. The molecule has 3 rings (SSSR count). The standard InChI is InChI=1S/C15H23N3O2/c1-2-20-15-13-3-6-18(9-12-5-8-19-10-12)7-4-14(13)16-11-17-15/h11-12H,2-10H2,1H3. The Hall–Kier alpha value is -1.20. The van der Waals surface area contributed by atoms with Crippen molar-refractivity contribution in [2.24, 2.45) is 5.92 Å². The third kappa shape index (κ3) is 3.10. The maximum Gasteiger partial charge on any atom is 0.219 e. The van der Waals surface area contributed by atoms with E-state index >= 15 is 0 Å². The lowest BCUT2D eigenvalue weighted by atomic mass is 10.1. The van der Waals surface area contributed by atoms with E-state index in [2.05, 4.69) is 14.9 Å². The van der Waals surface area contributed by atoms with E-state index in [0.717, 1.165) is 57.3 Å². The van der Waals surface area contributed by atoms with Crippen LogP contribution in [0.4, 0.5) is 0 Å². The highest BCUT2D eigenvalue weighted by molar-refractivity contribution is 5.31. The quantitative estimate of drug-likeness (QED) is 0.830. The number of ether oxygens (including phenoxy) is 2. The van der Waals surface area contributed by atoms with Crippen molar-refractivity contribution < 1.29 is 9.47 Å². The van der Waals surface area contributed by atoms with Crippen molar-refractivity contribution in [3.63, 3.8) is 0 Å². The molecular formula is C15H23N3O2. The normalized spacial score (nSPS) is 23.4. The molecule has 0 spiro atoms. The van der Waals surface area contributed by atoms with Gasteiger partial charge in [-0.3, -0.25) is 0 Å². The first-order valence-corrected chi connectivity index (χ1v) is 7.62. The molecule has 3 heterocycles. The van der Waals surface area contributed by atoms with Crippen molar-refractivity contribution in [3.05, 3.63) is 17.6 Å². The van der Waals surface area contributed by atoms with E-state index in [4.69, 9.17) is 9.47 Å². The average Bonchev–Trinajstić information content (AvgIpc) is 2.87. The van der Waals surface area contributed by atoms with Gasteiger partial charge in [0.15, 0.2) is 0 Å². The Morgan fingerprint density at radius 1 is 1.35 bits per heavy atom. The second-order valence-electron chi connectivity index (χ2n) is 5.57. The van der Waals surface area contributed by atoms with Gasteiger partial charge in [-0.15, -0.1) is 0 Å². The zero-order valence-corrected chi connectivity index (χ0v) is 12.2. The summed E-state index contributed by atoms with van der Waals surface area (Å²) in [5, 5.41) is 0. The minimum atomic E-state index is 0.659. The number of fused-ring (bicyclic) bond motifs is 1. The van der Waals surface area contributed by atoms with Gasteiger partial charge >= 0.3 is 0 Å². The molecule has 0 amide bonds. The van der Waals surface area contributed by atoms with E-state index in [0.29, 0.717) is 12.5 Å². The molecule has 5 heteroatoms. The molecule has 0 N–H and O–H groups in total. The van der Waals surface area contributed by atoms with Crippen LogP contribution in [0.25, 0.3) is 0 Å². The summed E-state index contributed by atoms with van der Waals surface area (Å²) in [4.78, 5) is 11.3. The maximum absolute atomic E-state index is 5.64. The van der Waals surface area contributed by atoms with Gasteiger partial charge in [0.05, 0.1) is 18.9 Å². The lowest BCUT2D eigenvalue weighted by Crippen LogP contribution is -2.32. The predicted octanol–water partition coefficient (Wildman–Crippen LogP) is 1.31. The van der Waals surface area contributed by atoms with E-state index in [1.165, 1.54) is 12.0 Å². The molecule has 1 fully saturated rings. The van der Waals surface area contributed by atoms with Gasteiger partial charge in [0.25, 0.3) is 0 Å². The smallest absolute Gasteiger partial charge is 0.219 e. The summed E-state index contributed by atoms with van der Waals surface area (Å²) >= 11 is 0. The zero-order valence-electron chi connectivity index (χ0n) is 12.2. The molecule has 0 saturated carbocycles. The van der Waals surface area contributed by atoms with Crippen LogP contribution in [0.1, 0.15) is 24.6 Å². The van der Waals surface area contributed by atoms with Crippen LogP contribution in [0.5, 0.6) is 5.88 Å². The lowest BCUT2D eigenvalue weighted by molar-refractivity contribution is 0.168. The average molecular weight is 277 g/mol. The fourth-order valence-electron chi connectivity index (χ4n) is 3.08. The predicted molar refractivity (Wildman–Crippen MR) is 76.0 cm³/mol. The third-order valence-corrected chi connectivity index (χ3v) is 4.16. The van der Waals surface area contributed by atoms with Gasteiger partial charge < -0.3 is 14.4 Å². The Kier molecular flexibility index (Phi) is 4.47.